The molecule has 0 amide bonds. The van der Waals surface area contributed by atoms with E-state index < -0.39 is 5.63 Å². The van der Waals surface area contributed by atoms with Crippen LogP contribution in [-0.2, 0) is 10.8 Å². The van der Waals surface area contributed by atoms with Gasteiger partial charge in [0.25, 0.3) is 0 Å². The summed E-state index contributed by atoms with van der Waals surface area (Å²) in [6.07, 6.45) is 1.24. The largest absolute Gasteiger partial charge is 0.420 e. The van der Waals surface area contributed by atoms with Crippen molar-refractivity contribution >= 4 is 11.1 Å². The highest BCUT2D eigenvalue weighted by Crippen LogP contribution is 2.33. The number of rotatable bonds is 0. The van der Waals surface area contributed by atoms with Crippen LogP contribution in [0.2, 0.25) is 0 Å². The summed E-state index contributed by atoms with van der Waals surface area (Å²) < 4.78 is 5.37. The molecule has 2 rings (SSSR count). The quantitative estimate of drug-likeness (QED) is 0.723. The maximum atomic E-state index is 11.4. The van der Waals surface area contributed by atoms with E-state index in [4.69, 9.17) is 4.42 Å². The molecule has 102 valence electrons. The Labute approximate surface area is 113 Å². The summed E-state index contributed by atoms with van der Waals surface area (Å²) in [7, 11) is 0. The lowest BCUT2D eigenvalue weighted by Crippen LogP contribution is -2.17. The molecular weight excluding hydrogens is 238 g/mol. The third-order valence-electron chi connectivity index (χ3n) is 3.26. The van der Waals surface area contributed by atoms with Crippen LogP contribution in [0.4, 0.5) is 0 Å². The average Bonchev–Trinajstić information content (AvgIpc) is 2.24. The molecule has 1 aromatic carbocycles. The van der Waals surface area contributed by atoms with Crippen LogP contribution in [0.15, 0.2) is 27.5 Å². The van der Waals surface area contributed by atoms with Crippen LogP contribution in [0.5, 0.6) is 0 Å². The first-order valence-corrected chi connectivity index (χ1v) is 6.54. The SMILES string of the molecule is CC(C)(C)c1cc(C(C)(C)C)c2oc(=O)cnc2c1. The van der Waals surface area contributed by atoms with E-state index in [1.54, 1.807) is 0 Å². The normalized spacial score (nSPS) is 12.9. The summed E-state index contributed by atoms with van der Waals surface area (Å²) in [5.41, 5.74) is 3.11. The highest BCUT2D eigenvalue weighted by atomic mass is 16.4. The zero-order valence-corrected chi connectivity index (χ0v) is 12.5. The van der Waals surface area contributed by atoms with Crippen molar-refractivity contribution in [2.75, 3.05) is 0 Å². The second-order valence-electron chi connectivity index (χ2n) is 7.05. The minimum Gasteiger partial charge on any atom is -0.420 e. The van der Waals surface area contributed by atoms with Crippen LogP contribution in [-0.4, -0.2) is 4.98 Å². The Balaban J connectivity index is 2.89. The molecule has 0 bridgehead atoms. The van der Waals surface area contributed by atoms with E-state index in [1.807, 2.05) is 6.07 Å². The molecule has 0 aliphatic rings. The summed E-state index contributed by atoms with van der Waals surface area (Å²) >= 11 is 0. The summed E-state index contributed by atoms with van der Waals surface area (Å²) in [6.45, 7) is 12.8. The molecule has 19 heavy (non-hydrogen) atoms. The topological polar surface area (TPSA) is 43.1 Å². The molecule has 0 saturated heterocycles. The van der Waals surface area contributed by atoms with Crippen molar-refractivity contribution in [3.05, 3.63) is 39.9 Å². The van der Waals surface area contributed by atoms with E-state index in [0.29, 0.717) is 5.58 Å². The monoisotopic (exact) mass is 259 g/mol. The molecule has 1 aromatic heterocycles. The van der Waals surface area contributed by atoms with Crippen molar-refractivity contribution in [1.29, 1.82) is 0 Å². The molecule has 0 atom stereocenters. The Morgan fingerprint density at radius 1 is 1.00 bits per heavy atom. The molecule has 3 nitrogen and oxygen atoms in total. The van der Waals surface area contributed by atoms with Gasteiger partial charge in [0.1, 0.15) is 11.7 Å². The number of nitrogens with zero attached hydrogens (tertiary/aromatic N) is 1. The van der Waals surface area contributed by atoms with Crippen LogP contribution in [0.3, 0.4) is 0 Å². The fourth-order valence-electron chi connectivity index (χ4n) is 2.06. The lowest BCUT2D eigenvalue weighted by Gasteiger charge is -2.25. The number of fused-ring (bicyclic) bond motifs is 1. The van der Waals surface area contributed by atoms with Crippen molar-refractivity contribution in [2.45, 2.75) is 52.4 Å². The molecule has 0 N–H and O–H groups in total. The van der Waals surface area contributed by atoms with Crippen LogP contribution >= 0.6 is 0 Å². The van der Waals surface area contributed by atoms with Crippen LogP contribution in [0.1, 0.15) is 52.7 Å². The van der Waals surface area contributed by atoms with Crippen LogP contribution in [0, 0.1) is 0 Å². The Hall–Kier alpha value is -1.64. The molecule has 1 heterocycles. The lowest BCUT2D eigenvalue weighted by atomic mass is 9.80. The van der Waals surface area contributed by atoms with Crippen molar-refractivity contribution < 1.29 is 4.42 Å². The number of benzene rings is 1. The van der Waals surface area contributed by atoms with E-state index in [-0.39, 0.29) is 10.8 Å². The number of aromatic nitrogens is 1. The fourth-order valence-corrected chi connectivity index (χ4v) is 2.06. The third-order valence-corrected chi connectivity index (χ3v) is 3.26. The first-order chi connectivity index (χ1) is 8.59. The number of hydrogen-bond acceptors (Lipinski definition) is 3. The van der Waals surface area contributed by atoms with Crippen LogP contribution < -0.4 is 5.63 Å². The van der Waals surface area contributed by atoms with E-state index in [1.165, 1.54) is 11.8 Å². The zero-order chi connectivity index (χ0) is 14.4. The Morgan fingerprint density at radius 3 is 2.16 bits per heavy atom. The Bertz CT molecular complexity index is 670. The van der Waals surface area contributed by atoms with Gasteiger partial charge in [-0.25, -0.2) is 9.78 Å². The van der Waals surface area contributed by atoms with Crippen molar-refractivity contribution in [3.8, 4) is 0 Å². The molecule has 2 aromatic rings. The van der Waals surface area contributed by atoms with Crippen LogP contribution in [0.25, 0.3) is 11.1 Å². The van der Waals surface area contributed by atoms with Gasteiger partial charge < -0.3 is 4.42 Å². The predicted molar refractivity (Wildman–Crippen MR) is 77.7 cm³/mol. The lowest BCUT2D eigenvalue weighted by molar-refractivity contribution is 0.521. The molecule has 0 spiro atoms. The standard InChI is InChI=1S/C16H21NO2/c1-15(2,3)10-7-11(16(4,5)6)14-12(8-10)17-9-13(18)19-14/h7-9H,1-6H3. The van der Waals surface area contributed by atoms with Gasteiger partial charge in [0.15, 0.2) is 5.58 Å². The Morgan fingerprint density at radius 2 is 1.63 bits per heavy atom. The van der Waals surface area contributed by atoms with Gasteiger partial charge >= 0.3 is 5.63 Å². The number of hydrogen-bond donors (Lipinski definition) is 0. The van der Waals surface area contributed by atoms with Gasteiger partial charge in [0, 0.05) is 5.56 Å². The third kappa shape index (κ3) is 2.70. The second-order valence-corrected chi connectivity index (χ2v) is 7.05. The minimum absolute atomic E-state index is 0.0337. The molecule has 3 heteroatoms. The van der Waals surface area contributed by atoms with E-state index in [2.05, 4.69) is 52.6 Å². The highest BCUT2D eigenvalue weighted by Gasteiger charge is 2.24. The Kier molecular flexibility index (Phi) is 3.04. The van der Waals surface area contributed by atoms with Crippen molar-refractivity contribution in [3.63, 3.8) is 0 Å². The fraction of sp³-hybridized carbons (Fsp3) is 0.500. The molecule has 0 fully saturated rings. The first kappa shape index (κ1) is 13.8. The minimum atomic E-state index is -0.401. The molecule has 0 aliphatic carbocycles. The second kappa shape index (κ2) is 4.19. The maximum Gasteiger partial charge on any atom is 0.354 e. The average molecular weight is 259 g/mol. The van der Waals surface area contributed by atoms with E-state index in [0.717, 1.165) is 11.1 Å². The van der Waals surface area contributed by atoms with Crippen molar-refractivity contribution in [2.24, 2.45) is 0 Å². The van der Waals surface area contributed by atoms with Gasteiger partial charge in [-0.05, 0) is 22.5 Å². The smallest absolute Gasteiger partial charge is 0.354 e. The van der Waals surface area contributed by atoms with E-state index in [9.17, 15) is 4.79 Å². The van der Waals surface area contributed by atoms with Gasteiger partial charge in [-0.1, -0.05) is 47.6 Å². The van der Waals surface area contributed by atoms with Gasteiger partial charge in [-0.15, -0.1) is 0 Å². The van der Waals surface area contributed by atoms with E-state index >= 15 is 0 Å². The molecule has 0 radical (unpaired) electrons. The summed E-state index contributed by atoms with van der Waals surface area (Å²) in [4.78, 5) is 15.6. The maximum absolute atomic E-state index is 11.4. The molecule has 0 aliphatic heterocycles. The van der Waals surface area contributed by atoms with Crippen molar-refractivity contribution in [1.82, 2.24) is 4.98 Å². The molecule has 0 unspecified atom stereocenters. The first-order valence-electron chi connectivity index (χ1n) is 6.54. The van der Waals surface area contributed by atoms with Gasteiger partial charge in [0.05, 0.1) is 0 Å². The molecular formula is C16H21NO2. The highest BCUT2D eigenvalue weighted by molar-refractivity contribution is 5.78. The predicted octanol–water partition coefficient (Wildman–Crippen LogP) is 3.78. The molecule has 0 saturated carbocycles. The van der Waals surface area contributed by atoms with Gasteiger partial charge in [-0.2, -0.15) is 0 Å². The van der Waals surface area contributed by atoms with Gasteiger partial charge in [0.2, 0.25) is 0 Å². The summed E-state index contributed by atoms with van der Waals surface area (Å²) in [5.74, 6) is 0. The summed E-state index contributed by atoms with van der Waals surface area (Å²) in [5, 5.41) is 0. The van der Waals surface area contributed by atoms with Gasteiger partial charge in [-0.3, -0.25) is 0 Å². The summed E-state index contributed by atoms with van der Waals surface area (Å²) in [6, 6.07) is 4.14. The zero-order valence-electron chi connectivity index (χ0n) is 12.5.